The van der Waals surface area contributed by atoms with Crippen molar-refractivity contribution in [3.8, 4) is 0 Å². The third-order valence-electron chi connectivity index (χ3n) is 1.81. The first-order chi connectivity index (χ1) is 6.81. The first-order valence-electron chi connectivity index (χ1n) is 4.56. The molecule has 0 aliphatic rings. The van der Waals surface area contributed by atoms with E-state index in [2.05, 4.69) is 10.4 Å². The summed E-state index contributed by atoms with van der Waals surface area (Å²) in [5, 5.41) is 6.98. The molecule has 0 aromatic carbocycles. The largest absolute Gasteiger partial charge is 0.381 e. The van der Waals surface area contributed by atoms with Crippen molar-refractivity contribution in [2.75, 3.05) is 11.9 Å². The Morgan fingerprint density at radius 1 is 1.67 bits per heavy atom. The van der Waals surface area contributed by atoms with E-state index in [-0.39, 0.29) is 16.1 Å². The number of nitrogens with zero attached hydrogens (tertiary/aromatic N) is 2. The molecule has 1 heterocycles. The van der Waals surface area contributed by atoms with Gasteiger partial charge in [0, 0.05) is 19.1 Å². The molecule has 0 aliphatic carbocycles. The molecule has 0 aliphatic heterocycles. The zero-order valence-corrected chi connectivity index (χ0v) is 9.80. The minimum Gasteiger partial charge on any atom is -0.381 e. The van der Waals surface area contributed by atoms with Crippen LogP contribution in [0.4, 0.5) is 5.69 Å². The number of anilines is 1. The summed E-state index contributed by atoms with van der Waals surface area (Å²) in [4.78, 5) is 11.4. The zero-order chi connectivity index (χ0) is 11.6. The van der Waals surface area contributed by atoms with Crippen LogP contribution in [-0.4, -0.2) is 21.9 Å². The van der Waals surface area contributed by atoms with Crippen LogP contribution in [0.3, 0.4) is 0 Å². The fourth-order valence-electron chi connectivity index (χ4n) is 0.957. The van der Waals surface area contributed by atoms with Gasteiger partial charge in [0.05, 0.1) is 11.9 Å². The van der Waals surface area contributed by atoms with E-state index in [1.165, 1.54) is 10.9 Å². The van der Waals surface area contributed by atoms with Crippen LogP contribution in [0.5, 0.6) is 0 Å². The number of hydrogen-bond acceptors (Lipinski definition) is 4. The van der Waals surface area contributed by atoms with Crippen molar-refractivity contribution >= 4 is 17.3 Å². The second kappa shape index (κ2) is 4.20. The molecule has 0 amide bonds. The Morgan fingerprint density at radius 2 is 2.27 bits per heavy atom. The van der Waals surface area contributed by atoms with Crippen LogP contribution in [-0.2, 0) is 7.05 Å². The molecule has 1 aromatic heterocycles. The Balaban J connectivity index is 2.89. The summed E-state index contributed by atoms with van der Waals surface area (Å²) in [6, 6.07) is 0. The van der Waals surface area contributed by atoms with Crippen LogP contribution in [0.2, 0.25) is 5.02 Å². The van der Waals surface area contributed by atoms with Crippen molar-refractivity contribution < 1.29 is 0 Å². The summed E-state index contributed by atoms with van der Waals surface area (Å²) in [6.45, 7) is 4.27. The predicted octanol–water partition coefficient (Wildman–Crippen LogP) is 0.583. The van der Waals surface area contributed by atoms with Crippen molar-refractivity contribution in [1.29, 1.82) is 0 Å². The first kappa shape index (κ1) is 12.0. The molecule has 0 radical (unpaired) electrons. The van der Waals surface area contributed by atoms with Crippen LogP contribution in [0.1, 0.15) is 13.8 Å². The molecule has 1 rings (SSSR count). The monoisotopic (exact) mass is 230 g/mol. The second-order valence-corrected chi connectivity index (χ2v) is 4.52. The van der Waals surface area contributed by atoms with Gasteiger partial charge in [-0.3, -0.25) is 4.79 Å². The molecule has 3 N–H and O–H groups in total. The molecule has 0 bridgehead atoms. The Labute approximate surface area is 93.2 Å². The van der Waals surface area contributed by atoms with Crippen LogP contribution >= 0.6 is 11.6 Å². The molecule has 1 aromatic rings. The van der Waals surface area contributed by atoms with Gasteiger partial charge in [0.2, 0.25) is 0 Å². The molecule has 0 saturated carbocycles. The summed E-state index contributed by atoms with van der Waals surface area (Å²) in [6.07, 6.45) is 1.51. The van der Waals surface area contributed by atoms with Crippen LogP contribution in [0.25, 0.3) is 0 Å². The van der Waals surface area contributed by atoms with Gasteiger partial charge in [0.25, 0.3) is 5.56 Å². The Kier molecular flexibility index (Phi) is 3.36. The lowest BCUT2D eigenvalue weighted by molar-refractivity contribution is 0.549. The van der Waals surface area contributed by atoms with E-state index in [9.17, 15) is 4.79 Å². The van der Waals surface area contributed by atoms with Gasteiger partial charge < -0.3 is 11.1 Å². The average molecular weight is 231 g/mol. The van der Waals surface area contributed by atoms with Crippen molar-refractivity contribution in [1.82, 2.24) is 9.78 Å². The molecule has 15 heavy (non-hydrogen) atoms. The SMILES string of the molecule is Cn1ncc(NCC(C)(C)N)c(Cl)c1=O. The lowest BCUT2D eigenvalue weighted by Crippen LogP contribution is -2.40. The summed E-state index contributed by atoms with van der Waals surface area (Å²) < 4.78 is 1.18. The van der Waals surface area contributed by atoms with E-state index in [4.69, 9.17) is 17.3 Å². The summed E-state index contributed by atoms with van der Waals surface area (Å²) in [5.41, 5.74) is 5.61. The Morgan fingerprint density at radius 3 is 2.80 bits per heavy atom. The Hall–Kier alpha value is -1.07. The number of aromatic nitrogens is 2. The number of hydrogen-bond donors (Lipinski definition) is 2. The lowest BCUT2D eigenvalue weighted by Gasteiger charge is -2.19. The smallest absolute Gasteiger partial charge is 0.287 e. The maximum Gasteiger partial charge on any atom is 0.287 e. The summed E-state index contributed by atoms with van der Waals surface area (Å²) in [7, 11) is 1.55. The van der Waals surface area contributed by atoms with E-state index >= 15 is 0 Å². The van der Waals surface area contributed by atoms with E-state index < -0.39 is 0 Å². The number of nitrogens with one attached hydrogen (secondary N) is 1. The molecule has 0 fully saturated rings. The fraction of sp³-hybridized carbons (Fsp3) is 0.556. The van der Waals surface area contributed by atoms with Gasteiger partial charge in [0.1, 0.15) is 5.02 Å². The minimum atomic E-state index is -0.371. The van der Waals surface area contributed by atoms with E-state index in [0.29, 0.717) is 12.2 Å². The van der Waals surface area contributed by atoms with Gasteiger partial charge in [0.15, 0.2) is 0 Å². The standard InChI is InChI=1S/C9H15ClN4O/c1-9(2,11)5-12-6-4-13-14(3)8(15)7(6)10/h4,12H,5,11H2,1-3H3. The van der Waals surface area contributed by atoms with Gasteiger partial charge in [-0.2, -0.15) is 5.10 Å². The van der Waals surface area contributed by atoms with E-state index in [1.54, 1.807) is 7.05 Å². The summed E-state index contributed by atoms with van der Waals surface area (Å²) in [5.74, 6) is 0. The highest BCUT2D eigenvalue weighted by molar-refractivity contribution is 6.32. The third kappa shape index (κ3) is 3.21. The van der Waals surface area contributed by atoms with Crippen LogP contribution in [0, 0.1) is 0 Å². The number of rotatable bonds is 3. The molecular weight excluding hydrogens is 216 g/mol. The molecule has 84 valence electrons. The molecule has 0 atom stereocenters. The lowest BCUT2D eigenvalue weighted by atomic mass is 10.1. The number of aryl methyl sites for hydroxylation is 1. The molecule has 0 unspecified atom stereocenters. The fourth-order valence-corrected chi connectivity index (χ4v) is 1.19. The normalized spacial score (nSPS) is 11.5. The third-order valence-corrected chi connectivity index (χ3v) is 2.18. The highest BCUT2D eigenvalue weighted by Gasteiger charge is 2.12. The zero-order valence-electron chi connectivity index (χ0n) is 9.04. The van der Waals surface area contributed by atoms with Gasteiger partial charge in [-0.15, -0.1) is 0 Å². The van der Waals surface area contributed by atoms with Crippen LogP contribution < -0.4 is 16.6 Å². The second-order valence-electron chi connectivity index (χ2n) is 4.14. The van der Waals surface area contributed by atoms with Crippen molar-refractivity contribution in [3.63, 3.8) is 0 Å². The van der Waals surface area contributed by atoms with Gasteiger partial charge >= 0.3 is 0 Å². The summed E-state index contributed by atoms with van der Waals surface area (Å²) >= 11 is 5.85. The maximum atomic E-state index is 11.4. The molecule has 0 saturated heterocycles. The van der Waals surface area contributed by atoms with Crippen LogP contribution in [0.15, 0.2) is 11.0 Å². The van der Waals surface area contributed by atoms with Crippen molar-refractivity contribution in [2.24, 2.45) is 12.8 Å². The average Bonchev–Trinajstić information content (AvgIpc) is 2.12. The Bertz CT molecular complexity index is 408. The molecular formula is C9H15ClN4O. The highest BCUT2D eigenvalue weighted by Crippen LogP contribution is 2.15. The minimum absolute atomic E-state index is 0.136. The molecule has 6 heteroatoms. The first-order valence-corrected chi connectivity index (χ1v) is 4.93. The molecule has 0 spiro atoms. The van der Waals surface area contributed by atoms with E-state index in [1.807, 2.05) is 13.8 Å². The molecule has 5 nitrogen and oxygen atoms in total. The van der Waals surface area contributed by atoms with E-state index in [0.717, 1.165) is 0 Å². The quantitative estimate of drug-likeness (QED) is 0.797. The maximum absolute atomic E-state index is 11.4. The topological polar surface area (TPSA) is 72.9 Å². The predicted molar refractivity (Wildman–Crippen MR) is 61.2 cm³/mol. The van der Waals surface area contributed by atoms with Gasteiger partial charge in [-0.25, -0.2) is 4.68 Å². The van der Waals surface area contributed by atoms with Crippen molar-refractivity contribution in [3.05, 3.63) is 21.6 Å². The van der Waals surface area contributed by atoms with Crippen molar-refractivity contribution in [2.45, 2.75) is 19.4 Å². The number of halogens is 1. The van der Waals surface area contributed by atoms with Gasteiger partial charge in [-0.1, -0.05) is 11.6 Å². The van der Waals surface area contributed by atoms with Gasteiger partial charge in [-0.05, 0) is 13.8 Å². The highest BCUT2D eigenvalue weighted by atomic mass is 35.5. The number of nitrogens with two attached hydrogens (primary N) is 1.